The lowest BCUT2D eigenvalue weighted by atomic mass is 10.2. The lowest BCUT2D eigenvalue weighted by molar-refractivity contribution is -0.133. The molecular weight excluding hydrogens is 328 g/mol. The molecule has 0 aliphatic heterocycles. The molecule has 0 aromatic heterocycles. The molecular formula is C21H26N2O3. The molecule has 5 heteroatoms. The molecule has 0 aliphatic rings. The molecule has 138 valence electrons. The van der Waals surface area contributed by atoms with Gasteiger partial charge in [0.15, 0.2) is 0 Å². The van der Waals surface area contributed by atoms with Crippen LogP contribution in [0.2, 0.25) is 0 Å². The molecule has 2 aromatic carbocycles. The van der Waals surface area contributed by atoms with E-state index in [4.69, 9.17) is 4.74 Å². The molecule has 2 aromatic rings. The largest absolute Gasteiger partial charge is 0.494 e. The van der Waals surface area contributed by atoms with Crippen molar-refractivity contribution in [3.63, 3.8) is 0 Å². The van der Waals surface area contributed by atoms with E-state index in [0.29, 0.717) is 19.4 Å². The van der Waals surface area contributed by atoms with Gasteiger partial charge < -0.3 is 15.0 Å². The maximum Gasteiger partial charge on any atom is 0.243 e. The zero-order chi connectivity index (χ0) is 18.9. The number of nitrogens with one attached hydrogen (secondary N) is 1. The maximum atomic E-state index is 12.1. The Morgan fingerprint density at radius 3 is 2.46 bits per heavy atom. The van der Waals surface area contributed by atoms with Crippen molar-refractivity contribution in [2.45, 2.75) is 26.7 Å². The van der Waals surface area contributed by atoms with Crippen molar-refractivity contribution < 1.29 is 14.3 Å². The Hall–Kier alpha value is -2.82. The van der Waals surface area contributed by atoms with E-state index in [9.17, 15) is 9.59 Å². The molecule has 0 saturated heterocycles. The second-order valence-electron chi connectivity index (χ2n) is 6.43. The van der Waals surface area contributed by atoms with Crippen LogP contribution in [0.3, 0.4) is 0 Å². The van der Waals surface area contributed by atoms with Crippen molar-refractivity contribution in [2.75, 3.05) is 25.5 Å². The maximum absolute atomic E-state index is 12.1. The molecule has 0 saturated carbocycles. The molecule has 0 spiro atoms. The van der Waals surface area contributed by atoms with Crippen LogP contribution >= 0.6 is 0 Å². The van der Waals surface area contributed by atoms with Crippen molar-refractivity contribution >= 4 is 17.5 Å². The molecule has 0 bridgehead atoms. The molecule has 2 rings (SSSR count). The number of carbonyl (C=O) groups is 2. The summed E-state index contributed by atoms with van der Waals surface area (Å²) in [6.45, 7) is 4.50. The minimum Gasteiger partial charge on any atom is -0.494 e. The number of carbonyl (C=O) groups excluding carboxylic acids is 2. The van der Waals surface area contributed by atoms with Gasteiger partial charge in [-0.05, 0) is 50.1 Å². The van der Waals surface area contributed by atoms with Crippen LogP contribution in [-0.4, -0.2) is 36.9 Å². The van der Waals surface area contributed by atoms with E-state index >= 15 is 0 Å². The van der Waals surface area contributed by atoms with Crippen LogP contribution in [-0.2, 0) is 9.59 Å². The zero-order valence-corrected chi connectivity index (χ0v) is 15.6. The Kier molecular flexibility index (Phi) is 7.21. The molecule has 5 nitrogen and oxygen atoms in total. The number of nitrogens with zero attached hydrogens (tertiary/aromatic N) is 1. The van der Waals surface area contributed by atoms with Gasteiger partial charge in [0.05, 0.1) is 13.2 Å². The van der Waals surface area contributed by atoms with Crippen LogP contribution in [0.5, 0.6) is 5.75 Å². The van der Waals surface area contributed by atoms with Crippen molar-refractivity contribution in [2.24, 2.45) is 0 Å². The number of hydrogen-bond acceptors (Lipinski definition) is 3. The summed E-state index contributed by atoms with van der Waals surface area (Å²) in [7, 11) is 1.64. The average Bonchev–Trinajstić information content (AvgIpc) is 2.60. The Morgan fingerprint density at radius 1 is 1.04 bits per heavy atom. The predicted octanol–water partition coefficient (Wildman–Crippen LogP) is 3.56. The van der Waals surface area contributed by atoms with Gasteiger partial charge in [-0.2, -0.15) is 0 Å². The molecule has 0 unspecified atom stereocenters. The standard InChI is InChI=1S/C21H26N2O3/c1-16-9-11-18(12-10-16)22-20(24)15-23(3)21(25)8-5-13-26-19-7-4-6-17(2)14-19/h4,6-7,9-12,14H,5,8,13,15H2,1-3H3,(H,22,24). The smallest absolute Gasteiger partial charge is 0.243 e. The lowest BCUT2D eigenvalue weighted by Gasteiger charge is -2.17. The molecule has 26 heavy (non-hydrogen) atoms. The highest BCUT2D eigenvalue weighted by atomic mass is 16.5. The minimum atomic E-state index is -0.208. The van der Waals surface area contributed by atoms with Gasteiger partial charge in [0.2, 0.25) is 11.8 Å². The van der Waals surface area contributed by atoms with Crippen LogP contribution in [0.4, 0.5) is 5.69 Å². The third-order valence-electron chi connectivity index (χ3n) is 3.94. The number of likely N-dealkylation sites (N-methyl/N-ethyl adjacent to an activating group) is 1. The molecule has 0 aliphatic carbocycles. The highest BCUT2D eigenvalue weighted by Crippen LogP contribution is 2.13. The van der Waals surface area contributed by atoms with Gasteiger partial charge in [-0.1, -0.05) is 29.8 Å². The summed E-state index contributed by atoms with van der Waals surface area (Å²) in [5.74, 6) is 0.529. The first kappa shape index (κ1) is 19.5. The van der Waals surface area contributed by atoms with E-state index in [2.05, 4.69) is 5.32 Å². The number of benzene rings is 2. The Labute approximate surface area is 155 Å². The third kappa shape index (κ3) is 6.59. The number of aryl methyl sites for hydroxylation is 2. The topological polar surface area (TPSA) is 58.6 Å². The zero-order valence-electron chi connectivity index (χ0n) is 15.6. The molecule has 0 fully saturated rings. The highest BCUT2D eigenvalue weighted by molar-refractivity contribution is 5.94. The van der Waals surface area contributed by atoms with Gasteiger partial charge in [-0.15, -0.1) is 0 Å². The van der Waals surface area contributed by atoms with E-state index in [-0.39, 0.29) is 18.4 Å². The second kappa shape index (κ2) is 9.61. The van der Waals surface area contributed by atoms with Crippen molar-refractivity contribution in [3.8, 4) is 5.75 Å². The fourth-order valence-corrected chi connectivity index (χ4v) is 2.45. The van der Waals surface area contributed by atoms with Gasteiger partial charge in [0.1, 0.15) is 5.75 Å². The van der Waals surface area contributed by atoms with Gasteiger partial charge >= 0.3 is 0 Å². The summed E-state index contributed by atoms with van der Waals surface area (Å²) >= 11 is 0. The summed E-state index contributed by atoms with van der Waals surface area (Å²) in [6, 6.07) is 15.4. The SMILES string of the molecule is Cc1ccc(NC(=O)CN(C)C(=O)CCCOc2cccc(C)c2)cc1. The van der Waals surface area contributed by atoms with Crippen molar-refractivity contribution in [1.82, 2.24) is 4.90 Å². The van der Waals surface area contributed by atoms with Gasteiger partial charge in [-0.3, -0.25) is 9.59 Å². The van der Waals surface area contributed by atoms with Gasteiger partial charge in [0, 0.05) is 19.2 Å². The minimum absolute atomic E-state index is 0.0332. The van der Waals surface area contributed by atoms with Gasteiger partial charge in [0.25, 0.3) is 0 Å². The van der Waals surface area contributed by atoms with Crippen LogP contribution in [0.25, 0.3) is 0 Å². The number of anilines is 1. The Bertz CT molecular complexity index is 741. The average molecular weight is 354 g/mol. The quantitative estimate of drug-likeness (QED) is 0.738. The van der Waals surface area contributed by atoms with Crippen LogP contribution in [0, 0.1) is 13.8 Å². The summed E-state index contributed by atoms with van der Waals surface area (Å²) in [5.41, 5.74) is 2.99. The van der Waals surface area contributed by atoms with E-state index in [1.807, 2.05) is 62.4 Å². The monoisotopic (exact) mass is 354 g/mol. The second-order valence-corrected chi connectivity index (χ2v) is 6.43. The summed E-state index contributed by atoms with van der Waals surface area (Å²) < 4.78 is 5.64. The Morgan fingerprint density at radius 2 is 1.77 bits per heavy atom. The van der Waals surface area contributed by atoms with E-state index in [1.54, 1.807) is 7.05 Å². The Balaban J connectivity index is 1.68. The third-order valence-corrected chi connectivity index (χ3v) is 3.94. The fraction of sp³-hybridized carbons (Fsp3) is 0.333. The molecule has 0 radical (unpaired) electrons. The molecule has 2 amide bonds. The van der Waals surface area contributed by atoms with E-state index < -0.39 is 0 Å². The molecule has 0 heterocycles. The highest BCUT2D eigenvalue weighted by Gasteiger charge is 2.13. The van der Waals surface area contributed by atoms with Gasteiger partial charge in [-0.25, -0.2) is 0 Å². The van der Waals surface area contributed by atoms with E-state index in [0.717, 1.165) is 22.6 Å². The number of amides is 2. The predicted molar refractivity (Wildman–Crippen MR) is 103 cm³/mol. The lowest BCUT2D eigenvalue weighted by Crippen LogP contribution is -2.34. The number of hydrogen-bond donors (Lipinski definition) is 1. The first-order chi connectivity index (χ1) is 12.4. The van der Waals surface area contributed by atoms with Crippen molar-refractivity contribution in [3.05, 3.63) is 59.7 Å². The van der Waals surface area contributed by atoms with Crippen molar-refractivity contribution in [1.29, 1.82) is 0 Å². The summed E-state index contributed by atoms with van der Waals surface area (Å²) in [5, 5.41) is 2.79. The normalized spacial score (nSPS) is 10.3. The molecule has 1 N–H and O–H groups in total. The first-order valence-corrected chi connectivity index (χ1v) is 8.74. The van der Waals surface area contributed by atoms with Crippen LogP contribution in [0.1, 0.15) is 24.0 Å². The van der Waals surface area contributed by atoms with E-state index in [1.165, 1.54) is 4.90 Å². The number of rotatable bonds is 8. The summed E-state index contributed by atoms with van der Waals surface area (Å²) in [4.78, 5) is 25.6. The van der Waals surface area contributed by atoms with Crippen LogP contribution < -0.4 is 10.1 Å². The molecule has 0 atom stereocenters. The first-order valence-electron chi connectivity index (χ1n) is 8.74. The fourth-order valence-electron chi connectivity index (χ4n) is 2.45. The number of ether oxygens (including phenoxy) is 1. The van der Waals surface area contributed by atoms with Crippen LogP contribution in [0.15, 0.2) is 48.5 Å². The summed E-state index contributed by atoms with van der Waals surface area (Å²) in [6.07, 6.45) is 0.955.